The summed E-state index contributed by atoms with van der Waals surface area (Å²) in [6, 6.07) is 2.72. The molecule has 178 valence electrons. The molecular weight excluding hydrogens is 414 g/mol. The average Bonchev–Trinajstić information content (AvgIpc) is 3.60. The molecule has 1 saturated carbocycles. The number of rotatable bonds is 6. The molecule has 1 aromatic rings. The maximum Gasteiger partial charge on any atom is 0.401 e. The van der Waals surface area contributed by atoms with Crippen molar-refractivity contribution in [2.75, 3.05) is 33.4 Å². The standard InChI is InChI=1S/C19H23F4NO3.2C2H6/c1-26-18(25)15-8-14(13-2-3-13)17(9-16(15)20)27-10-12-4-6-24(7-5-12)11-19(21,22)23;2*1-2/h8-9,12-13H,2-7,10-11H2,1H3;2*1-2H3. The van der Waals surface area contributed by atoms with E-state index in [9.17, 15) is 22.4 Å². The number of benzene rings is 1. The molecule has 0 unspecified atom stereocenters. The molecule has 1 aromatic carbocycles. The molecule has 1 aliphatic heterocycles. The molecular formula is C23H35F4NO3. The van der Waals surface area contributed by atoms with E-state index in [1.165, 1.54) is 24.1 Å². The Morgan fingerprint density at radius 3 is 2.13 bits per heavy atom. The fourth-order valence-electron chi connectivity index (χ4n) is 3.45. The van der Waals surface area contributed by atoms with Crippen LogP contribution in [0.2, 0.25) is 0 Å². The molecule has 0 radical (unpaired) electrons. The van der Waals surface area contributed by atoms with Crippen LogP contribution in [-0.4, -0.2) is 50.4 Å². The summed E-state index contributed by atoms with van der Waals surface area (Å²) in [5.74, 6) is -0.623. The minimum Gasteiger partial charge on any atom is -0.493 e. The highest BCUT2D eigenvalue weighted by atomic mass is 19.4. The molecule has 4 nitrogen and oxygen atoms in total. The predicted octanol–water partition coefficient (Wildman–Crippen LogP) is 6.20. The second kappa shape index (κ2) is 12.9. The minimum absolute atomic E-state index is 0.104. The Bertz CT molecular complexity index is 682. The summed E-state index contributed by atoms with van der Waals surface area (Å²) in [6.45, 7) is 8.19. The van der Waals surface area contributed by atoms with Gasteiger partial charge in [-0.2, -0.15) is 13.2 Å². The van der Waals surface area contributed by atoms with Crippen LogP contribution < -0.4 is 4.74 Å². The van der Waals surface area contributed by atoms with Crippen LogP contribution in [0.25, 0.3) is 0 Å². The van der Waals surface area contributed by atoms with Gasteiger partial charge in [-0.3, -0.25) is 4.90 Å². The van der Waals surface area contributed by atoms with Crippen LogP contribution in [0.15, 0.2) is 12.1 Å². The Morgan fingerprint density at radius 1 is 1.06 bits per heavy atom. The Kier molecular flexibility index (Phi) is 11.3. The lowest BCUT2D eigenvalue weighted by Gasteiger charge is -2.32. The highest BCUT2D eigenvalue weighted by Gasteiger charge is 2.33. The van der Waals surface area contributed by atoms with Gasteiger partial charge in [-0.25, -0.2) is 9.18 Å². The van der Waals surface area contributed by atoms with Crippen molar-refractivity contribution in [1.29, 1.82) is 0 Å². The minimum atomic E-state index is -4.18. The largest absolute Gasteiger partial charge is 0.493 e. The van der Waals surface area contributed by atoms with Gasteiger partial charge in [0.15, 0.2) is 0 Å². The molecule has 0 spiro atoms. The van der Waals surface area contributed by atoms with E-state index in [1.54, 1.807) is 0 Å². The third-order valence-corrected chi connectivity index (χ3v) is 5.11. The monoisotopic (exact) mass is 449 g/mol. The lowest BCUT2D eigenvalue weighted by atomic mass is 9.97. The smallest absolute Gasteiger partial charge is 0.401 e. The number of ether oxygens (including phenoxy) is 2. The van der Waals surface area contributed by atoms with Gasteiger partial charge in [-0.05, 0) is 62.2 Å². The number of carbonyl (C=O) groups excluding carboxylic acids is 1. The van der Waals surface area contributed by atoms with E-state index >= 15 is 0 Å². The number of hydrogen-bond acceptors (Lipinski definition) is 4. The number of piperidine rings is 1. The molecule has 3 rings (SSSR count). The van der Waals surface area contributed by atoms with Crippen molar-refractivity contribution in [3.63, 3.8) is 0 Å². The molecule has 0 amide bonds. The molecule has 2 aliphatic rings. The van der Waals surface area contributed by atoms with Crippen LogP contribution in [0.1, 0.15) is 75.2 Å². The maximum absolute atomic E-state index is 14.2. The molecule has 1 aliphatic carbocycles. The highest BCUT2D eigenvalue weighted by Crippen LogP contribution is 2.45. The summed E-state index contributed by atoms with van der Waals surface area (Å²) in [7, 11) is 1.20. The Labute approximate surface area is 182 Å². The Balaban J connectivity index is 0.00000113. The quantitative estimate of drug-likeness (QED) is 0.383. The molecule has 1 heterocycles. The third kappa shape index (κ3) is 8.67. The zero-order valence-electron chi connectivity index (χ0n) is 19.2. The van der Waals surface area contributed by atoms with Crippen LogP contribution in [0.4, 0.5) is 17.6 Å². The van der Waals surface area contributed by atoms with E-state index in [0.717, 1.165) is 18.4 Å². The van der Waals surface area contributed by atoms with Crippen molar-refractivity contribution in [3.8, 4) is 5.75 Å². The second-order valence-electron chi connectivity index (χ2n) is 7.28. The van der Waals surface area contributed by atoms with Crippen molar-refractivity contribution < 1.29 is 31.8 Å². The zero-order chi connectivity index (χ0) is 23.6. The van der Waals surface area contributed by atoms with Gasteiger partial charge in [0.2, 0.25) is 0 Å². The molecule has 0 aromatic heterocycles. The fraction of sp³-hybridized carbons (Fsp3) is 0.696. The molecule has 0 bridgehead atoms. The normalized spacial score (nSPS) is 17.1. The lowest BCUT2D eigenvalue weighted by molar-refractivity contribution is -0.148. The van der Waals surface area contributed by atoms with E-state index in [-0.39, 0.29) is 17.4 Å². The van der Waals surface area contributed by atoms with E-state index in [4.69, 9.17) is 4.74 Å². The summed E-state index contributed by atoms with van der Waals surface area (Å²) in [4.78, 5) is 13.1. The number of carbonyl (C=O) groups is 1. The van der Waals surface area contributed by atoms with Crippen LogP contribution in [0, 0.1) is 11.7 Å². The summed E-state index contributed by atoms with van der Waals surface area (Å²) < 4.78 is 62.0. The van der Waals surface area contributed by atoms with Gasteiger partial charge in [0, 0.05) is 6.07 Å². The van der Waals surface area contributed by atoms with Gasteiger partial charge < -0.3 is 9.47 Å². The van der Waals surface area contributed by atoms with E-state index in [2.05, 4.69) is 4.74 Å². The van der Waals surface area contributed by atoms with Gasteiger partial charge in [0.25, 0.3) is 0 Å². The molecule has 1 saturated heterocycles. The number of alkyl halides is 3. The van der Waals surface area contributed by atoms with Crippen molar-refractivity contribution in [1.82, 2.24) is 4.90 Å². The second-order valence-corrected chi connectivity index (χ2v) is 7.28. The van der Waals surface area contributed by atoms with Gasteiger partial charge in [-0.15, -0.1) is 0 Å². The number of likely N-dealkylation sites (tertiary alicyclic amines) is 1. The number of halogens is 4. The van der Waals surface area contributed by atoms with Crippen molar-refractivity contribution in [2.45, 2.75) is 65.5 Å². The Morgan fingerprint density at radius 2 is 1.65 bits per heavy atom. The molecule has 0 N–H and O–H groups in total. The zero-order valence-corrected chi connectivity index (χ0v) is 19.2. The van der Waals surface area contributed by atoms with E-state index in [0.29, 0.717) is 38.3 Å². The topological polar surface area (TPSA) is 38.8 Å². The summed E-state index contributed by atoms with van der Waals surface area (Å²) in [5, 5.41) is 0. The van der Waals surface area contributed by atoms with Crippen LogP contribution in [0.3, 0.4) is 0 Å². The van der Waals surface area contributed by atoms with Gasteiger partial charge in [0.1, 0.15) is 11.6 Å². The van der Waals surface area contributed by atoms with Crippen LogP contribution in [-0.2, 0) is 4.74 Å². The number of hydrogen-bond donors (Lipinski definition) is 0. The van der Waals surface area contributed by atoms with Gasteiger partial charge in [-0.1, -0.05) is 27.7 Å². The lowest BCUT2D eigenvalue weighted by Crippen LogP contribution is -2.41. The highest BCUT2D eigenvalue weighted by molar-refractivity contribution is 5.90. The Hall–Kier alpha value is -1.83. The number of methoxy groups -OCH3 is 1. The van der Waals surface area contributed by atoms with Gasteiger partial charge in [0.05, 0.1) is 25.8 Å². The van der Waals surface area contributed by atoms with E-state index in [1.807, 2.05) is 27.7 Å². The van der Waals surface area contributed by atoms with Gasteiger partial charge >= 0.3 is 12.1 Å². The van der Waals surface area contributed by atoms with E-state index < -0.39 is 24.5 Å². The van der Waals surface area contributed by atoms with Crippen molar-refractivity contribution in [3.05, 3.63) is 29.1 Å². The molecule has 0 atom stereocenters. The molecule has 2 fully saturated rings. The molecule has 8 heteroatoms. The first-order valence-corrected chi connectivity index (χ1v) is 11.1. The number of nitrogens with zero attached hydrogens (tertiary/aromatic N) is 1. The first kappa shape index (κ1) is 27.2. The number of esters is 1. The summed E-state index contributed by atoms with van der Waals surface area (Å²) in [5.41, 5.74) is 0.693. The first-order valence-electron chi connectivity index (χ1n) is 11.1. The predicted molar refractivity (Wildman–Crippen MR) is 113 cm³/mol. The molecule has 31 heavy (non-hydrogen) atoms. The summed E-state index contributed by atoms with van der Waals surface area (Å²) in [6.07, 6.45) is -1.05. The van der Waals surface area contributed by atoms with Crippen LogP contribution >= 0.6 is 0 Å². The average molecular weight is 450 g/mol. The summed E-state index contributed by atoms with van der Waals surface area (Å²) >= 11 is 0. The fourth-order valence-corrected chi connectivity index (χ4v) is 3.45. The first-order chi connectivity index (χ1) is 14.8. The SMILES string of the molecule is CC.CC.COC(=O)c1cc(C2CC2)c(OCC2CCN(CC(F)(F)F)CC2)cc1F. The van der Waals surface area contributed by atoms with Crippen LogP contribution in [0.5, 0.6) is 5.75 Å². The maximum atomic E-state index is 14.2. The van der Waals surface area contributed by atoms with Crippen molar-refractivity contribution in [2.24, 2.45) is 5.92 Å². The third-order valence-electron chi connectivity index (χ3n) is 5.11. The van der Waals surface area contributed by atoms with Crippen molar-refractivity contribution >= 4 is 5.97 Å².